The second-order valence-electron chi connectivity index (χ2n) is 8.20. The van der Waals surface area contributed by atoms with Crippen molar-refractivity contribution in [2.45, 2.75) is 32.3 Å². The Morgan fingerprint density at radius 2 is 1.94 bits per heavy atom. The quantitative estimate of drug-likeness (QED) is 0.305. The summed E-state index contributed by atoms with van der Waals surface area (Å²) in [5, 5.41) is 5.22. The maximum Gasteiger partial charge on any atom is 0.271 e. The Bertz CT molecular complexity index is 1340. The normalized spacial score (nSPS) is 13.2. The Hall–Kier alpha value is -3.93. The van der Waals surface area contributed by atoms with Gasteiger partial charge in [-0.25, -0.2) is 9.82 Å². The van der Waals surface area contributed by atoms with Gasteiger partial charge in [0.15, 0.2) is 0 Å². The maximum absolute atomic E-state index is 13.8. The Balaban J connectivity index is 1.23. The van der Waals surface area contributed by atoms with Crippen LogP contribution in [-0.2, 0) is 19.4 Å². The van der Waals surface area contributed by atoms with Gasteiger partial charge in [0.2, 0.25) is 0 Å². The minimum atomic E-state index is -0.295. The molecule has 0 spiro atoms. The molecule has 0 saturated heterocycles. The molecule has 2 N–H and O–H groups in total. The first-order valence-electron chi connectivity index (χ1n) is 11.1. The molecule has 0 bridgehead atoms. The van der Waals surface area contributed by atoms with Crippen LogP contribution in [0.3, 0.4) is 0 Å². The molecule has 0 radical (unpaired) electrons. The fourth-order valence-electron chi connectivity index (χ4n) is 4.24. The number of aryl methyl sites for hydroxylation is 2. The monoisotopic (exact) mass is 441 g/mol. The number of carbonyl (C=O) groups is 1. The average molecular weight is 442 g/mol. The Morgan fingerprint density at radius 1 is 1.06 bits per heavy atom. The number of H-pyrrole nitrogens is 1. The zero-order chi connectivity index (χ0) is 22.6. The van der Waals surface area contributed by atoms with E-state index in [2.05, 4.69) is 15.5 Å². The van der Waals surface area contributed by atoms with Crippen LogP contribution >= 0.6 is 0 Å². The summed E-state index contributed by atoms with van der Waals surface area (Å²) in [6.07, 6.45) is 6.07. The number of hydrogen-bond donors (Lipinski definition) is 2. The van der Waals surface area contributed by atoms with E-state index in [9.17, 15) is 9.18 Å². The molecule has 0 atom stereocenters. The highest BCUT2D eigenvalue weighted by atomic mass is 19.1. The first-order valence-corrected chi connectivity index (χ1v) is 11.1. The van der Waals surface area contributed by atoms with Gasteiger partial charge in [0.1, 0.15) is 18.2 Å². The van der Waals surface area contributed by atoms with Crippen LogP contribution < -0.4 is 10.2 Å². The molecule has 6 heteroatoms. The summed E-state index contributed by atoms with van der Waals surface area (Å²) < 4.78 is 19.5. The smallest absolute Gasteiger partial charge is 0.271 e. The van der Waals surface area contributed by atoms with Gasteiger partial charge in [0.05, 0.1) is 6.21 Å². The van der Waals surface area contributed by atoms with Crippen LogP contribution in [0.25, 0.3) is 10.9 Å². The number of aromatic amines is 1. The van der Waals surface area contributed by atoms with E-state index in [1.54, 1.807) is 36.5 Å². The van der Waals surface area contributed by atoms with Crippen molar-refractivity contribution in [3.63, 3.8) is 0 Å². The fraction of sp³-hybridized carbons (Fsp3) is 0.185. The predicted molar refractivity (Wildman–Crippen MR) is 127 cm³/mol. The molecule has 1 aliphatic carbocycles. The van der Waals surface area contributed by atoms with E-state index in [-0.39, 0.29) is 18.3 Å². The third-order valence-electron chi connectivity index (χ3n) is 5.95. The summed E-state index contributed by atoms with van der Waals surface area (Å²) >= 11 is 0. The Morgan fingerprint density at radius 3 is 2.85 bits per heavy atom. The molecule has 33 heavy (non-hydrogen) atoms. The Kier molecular flexibility index (Phi) is 5.89. The van der Waals surface area contributed by atoms with E-state index in [0.717, 1.165) is 29.3 Å². The van der Waals surface area contributed by atoms with Crippen molar-refractivity contribution in [1.29, 1.82) is 0 Å². The molecule has 3 aromatic carbocycles. The van der Waals surface area contributed by atoms with Crippen molar-refractivity contribution in [2.75, 3.05) is 0 Å². The molecule has 0 saturated carbocycles. The van der Waals surface area contributed by atoms with E-state index in [4.69, 9.17) is 4.74 Å². The van der Waals surface area contributed by atoms with Gasteiger partial charge in [-0.05, 0) is 73.2 Å². The van der Waals surface area contributed by atoms with Gasteiger partial charge >= 0.3 is 0 Å². The molecule has 5 rings (SSSR count). The largest absolute Gasteiger partial charge is 0.489 e. The highest BCUT2D eigenvalue weighted by molar-refractivity contribution is 5.99. The van der Waals surface area contributed by atoms with E-state index in [1.807, 2.05) is 30.3 Å². The number of carbonyl (C=O) groups excluding carboxylic acids is 1. The summed E-state index contributed by atoms with van der Waals surface area (Å²) in [6.45, 7) is 0.134. The summed E-state index contributed by atoms with van der Waals surface area (Å²) in [4.78, 5) is 16.1. The Labute approximate surface area is 191 Å². The number of halogens is 1. The molecule has 4 aromatic rings. The minimum absolute atomic E-state index is 0.134. The third kappa shape index (κ3) is 4.65. The summed E-state index contributed by atoms with van der Waals surface area (Å²) in [6, 6.07) is 19.5. The molecule has 166 valence electrons. The van der Waals surface area contributed by atoms with Gasteiger partial charge in [-0.15, -0.1) is 0 Å². The van der Waals surface area contributed by atoms with Crippen LogP contribution in [0.2, 0.25) is 0 Å². The highest BCUT2D eigenvalue weighted by Crippen LogP contribution is 2.29. The van der Waals surface area contributed by atoms with Crippen LogP contribution in [0, 0.1) is 5.82 Å². The number of aromatic nitrogens is 1. The number of fused-ring (bicyclic) bond motifs is 3. The molecule has 1 aromatic heterocycles. The third-order valence-corrected chi connectivity index (χ3v) is 5.95. The van der Waals surface area contributed by atoms with Crippen LogP contribution in [-0.4, -0.2) is 17.1 Å². The number of hydrogen-bond acceptors (Lipinski definition) is 3. The second kappa shape index (κ2) is 9.28. The van der Waals surface area contributed by atoms with E-state index in [1.165, 1.54) is 30.2 Å². The van der Waals surface area contributed by atoms with Crippen molar-refractivity contribution in [3.05, 3.63) is 100 Å². The second-order valence-corrected chi connectivity index (χ2v) is 8.20. The lowest BCUT2D eigenvalue weighted by molar-refractivity contribution is 0.0955. The molecule has 5 nitrogen and oxygen atoms in total. The molecular formula is C27H24FN3O2. The van der Waals surface area contributed by atoms with E-state index in [0.29, 0.717) is 16.9 Å². The maximum atomic E-state index is 13.8. The summed E-state index contributed by atoms with van der Waals surface area (Å²) in [5.41, 5.74) is 8.14. The van der Waals surface area contributed by atoms with Gasteiger partial charge in [-0.2, -0.15) is 5.10 Å². The lowest BCUT2D eigenvalue weighted by Crippen LogP contribution is -2.17. The number of nitrogens with zero attached hydrogens (tertiary/aromatic N) is 1. The molecule has 1 amide bonds. The van der Waals surface area contributed by atoms with Gasteiger partial charge in [-0.1, -0.05) is 30.3 Å². The van der Waals surface area contributed by atoms with Crippen molar-refractivity contribution < 1.29 is 13.9 Å². The molecule has 1 aliphatic rings. The van der Waals surface area contributed by atoms with Crippen molar-refractivity contribution in [2.24, 2.45) is 5.10 Å². The SMILES string of the molecule is O=C(N/N=C/c1cccc(OCc2ccccc2F)c1)c1ccc2[nH]c3c(c2c1)CCCC3. The van der Waals surface area contributed by atoms with Gasteiger partial charge in [0.25, 0.3) is 5.91 Å². The van der Waals surface area contributed by atoms with Crippen LogP contribution in [0.1, 0.15) is 45.6 Å². The minimum Gasteiger partial charge on any atom is -0.489 e. The number of benzene rings is 3. The van der Waals surface area contributed by atoms with Crippen LogP contribution in [0.4, 0.5) is 4.39 Å². The van der Waals surface area contributed by atoms with Gasteiger partial charge < -0.3 is 9.72 Å². The number of hydrazone groups is 1. The topological polar surface area (TPSA) is 66.5 Å². The highest BCUT2D eigenvalue weighted by Gasteiger charge is 2.16. The van der Waals surface area contributed by atoms with Gasteiger partial charge in [-0.3, -0.25) is 4.79 Å². The predicted octanol–water partition coefficient (Wildman–Crippen LogP) is 5.53. The molecular weight excluding hydrogens is 417 g/mol. The average Bonchev–Trinajstić information content (AvgIpc) is 3.22. The zero-order valence-corrected chi connectivity index (χ0v) is 18.1. The van der Waals surface area contributed by atoms with Crippen molar-refractivity contribution >= 4 is 23.0 Å². The summed E-state index contributed by atoms with van der Waals surface area (Å²) in [5.74, 6) is 0.0401. The van der Waals surface area contributed by atoms with Crippen molar-refractivity contribution in [1.82, 2.24) is 10.4 Å². The van der Waals surface area contributed by atoms with E-state index >= 15 is 0 Å². The summed E-state index contributed by atoms with van der Waals surface area (Å²) in [7, 11) is 0. The van der Waals surface area contributed by atoms with Crippen molar-refractivity contribution in [3.8, 4) is 5.75 Å². The number of ether oxygens (including phenoxy) is 1. The lowest BCUT2D eigenvalue weighted by Gasteiger charge is -2.10. The first kappa shape index (κ1) is 20.9. The van der Waals surface area contributed by atoms with E-state index < -0.39 is 0 Å². The molecule has 0 fully saturated rings. The van der Waals surface area contributed by atoms with Crippen LogP contribution in [0.5, 0.6) is 5.75 Å². The first-order chi connectivity index (χ1) is 16.2. The van der Waals surface area contributed by atoms with Gasteiger partial charge in [0, 0.05) is 27.7 Å². The standard InChI is InChI=1S/C27H24FN3O2/c28-24-10-3-1-7-20(24)17-33-21-8-5-6-18(14-21)16-29-31-27(32)19-12-13-26-23(15-19)22-9-2-4-11-25(22)30-26/h1,3,5-8,10,12-16,30H,2,4,9,11,17H2,(H,31,32)/b29-16+. The number of nitrogens with one attached hydrogen (secondary N) is 2. The number of amides is 1. The lowest BCUT2D eigenvalue weighted by atomic mass is 9.95. The molecule has 0 unspecified atom stereocenters. The fourth-order valence-corrected chi connectivity index (χ4v) is 4.24. The molecule has 1 heterocycles. The van der Waals surface area contributed by atoms with Crippen LogP contribution in [0.15, 0.2) is 71.8 Å². The zero-order valence-electron chi connectivity index (χ0n) is 18.1. The number of rotatable bonds is 6. The molecule has 0 aliphatic heterocycles.